The molecule has 0 aromatic heterocycles. The fraction of sp³-hybridized carbons (Fsp3) is 0.421. The minimum atomic E-state index is 0.239. The van der Waals surface area contributed by atoms with Gasteiger partial charge in [-0.25, -0.2) is 0 Å². The van der Waals surface area contributed by atoms with Crippen LogP contribution in [0, 0.1) is 0 Å². The molecule has 1 heterocycles. The van der Waals surface area contributed by atoms with E-state index in [1.54, 1.807) is 0 Å². The molecule has 3 nitrogen and oxygen atoms in total. The summed E-state index contributed by atoms with van der Waals surface area (Å²) in [4.78, 5) is 16.7. The van der Waals surface area contributed by atoms with Crippen molar-refractivity contribution in [1.82, 2.24) is 4.90 Å². The van der Waals surface area contributed by atoms with Gasteiger partial charge in [-0.1, -0.05) is 36.4 Å². The van der Waals surface area contributed by atoms with Gasteiger partial charge in [-0.2, -0.15) is 0 Å². The largest absolute Gasteiger partial charge is 0.365 e. The molecule has 3 rings (SSSR count). The number of nitrogens with zero attached hydrogens (tertiary/aromatic N) is 2. The highest BCUT2D eigenvalue weighted by molar-refractivity contribution is 5.95. The van der Waals surface area contributed by atoms with Crippen LogP contribution in [0.4, 0.5) is 5.69 Å². The quantitative estimate of drug-likeness (QED) is 0.862. The Labute approximate surface area is 132 Å². The zero-order valence-corrected chi connectivity index (χ0v) is 13.5. The minimum Gasteiger partial charge on any atom is -0.365 e. The third kappa shape index (κ3) is 2.94. The Balaban J connectivity index is 1.78. The maximum Gasteiger partial charge on any atom is 0.242 e. The van der Waals surface area contributed by atoms with Crippen LogP contribution in [0.5, 0.6) is 0 Å². The third-order valence-corrected chi connectivity index (χ3v) is 4.67. The molecule has 0 N–H and O–H groups in total. The van der Waals surface area contributed by atoms with Crippen molar-refractivity contribution >= 4 is 22.4 Å². The lowest BCUT2D eigenvalue weighted by Gasteiger charge is -2.35. The molecule has 1 aliphatic rings. The fourth-order valence-corrected chi connectivity index (χ4v) is 3.39. The van der Waals surface area contributed by atoms with Gasteiger partial charge in [0.15, 0.2) is 0 Å². The molecular formula is C19H24N2O. The Kier molecular flexibility index (Phi) is 4.32. The molecule has 0 aliphatic carbocycles. The highest BCUT2D eigenvalue weighted by Gasteiger charge is 2.24. The molecule has 1 fully saturated rings. The lowest BCUT2D eigenvalue weighted by atomic mass is 10.0. The average molecular weight is 296 g/mol. The molecule has 1 unspecified atom stereocenters. The molecule has 1 saturated heterocycles. The van der Waals surface area contributed by atoms with Gasteiger partial charge in [-0.15, -0.1) is 0 Å². The van der Waals surface area contributed by atoms with Crippen LogP contribution in [0.2, 0.25) is 0 Å². The zero-order chi connectivity index (χ0) is 15.5. The van der Waals surface area contributed by atoms with E-state index in [0.717, 1.165) is 25.1 Å². The monoisotopic (exact) mass is 296 g/mol. The smallest absolute Gasteiger partial charge is 0.242 e. The van der Waals surface area contributed by atoms with E-state index in [4.69, 9.17) is 0 Å². The van der Waals surface area contributed by atoms with E-state index in [9.17, 15) is 4.79 Å². The first kappa shape index (κ1) is 14.9. The zero-order valence-electron chi connectivity index (χ0n) is 13.5. The number of anilines is 1. The Morgan fingerprint density at radius 1 is 1.18 bits per heavy atom. The minimum absolute atomic E-state index is 0.239. The van der Waals surface area contributed by atoms with Crippen LogP contribution >= 0.6 is 0 Å². The maximum atomic E-state index is 12.6. The summed E-state index contributed by atoms with van der Waals surface area (Å²) in [6, 6.07) is 15.0. The summed E-state index contributed by atoms with van der Waals surface area (Å²) in [6.07, 6.45) is 3.50. The van der Waals surface area contributed by atoms with Crippen LogP contribution in [0.15, 0.2) is 42.5 Å². The number of likely N-dealkylation sites (tertiary alicyclic amines) is 1. The van der Waals surface area contributed by atoms with Gasteiger partial charge in [-0.3, -0.25) is 4.79 Å². The Hall–Kier alpha value is -2.03. The second-order valence-corrected chi connectivity index (χ2v) is 6.29. The van der Waals surface area contributed by atoms with E-state index in [1.807, 2.05) is 24.1 Å². The molecule has 0 bridgehead atoms. The number of rotatable bonds is 3. The van der Waals surface area contributed by atoms with E-state index in [0.29, 0.717) is 12.6 Å². The van der Waals surface area contributed by atoms with E-state index in [1.165, 1.54) is 17.2 Å². The van der Waals surface area contributed by atoms with Crippen molar-refractivity contribution in [3.8, 4) is 0 Å². The summed E-state index contributed by atoms with van der Waals surface area (Å²) in [5.74, 6) is 0.239. The number of likely N-dealkylation sites (N-methyl/N-ethyl adjacent to an activating group) is 1. The number of amides is 1. The number of piperidine rings is 1. The number of hydrogen-bond acceptors (Lipinski definition) is 2. The van der Waals surface area contributed by atoms with Crippen molar-refractivity contribution in [3.05, 3.63) is 42.5 Å². The lowest BCUT2D eigenvalue weighted by molar-refractivity contribution is -0.132. The van der Waals surface area contributed by atoms with Crippen molar-refractivity contribution in [3.63, 3.8) is 0 Å². The summed E-state index contributed by atoms with van der Waals surface area (Å²) in [6.45, 7) is 3.51. The van der Waals surface area contributed by atoms with Gasteiger partial charge in [0.05, 0.1) is 6.54 Å². The Bertz CT molecular complexity index is 662. The highest BCUT2D eigenvalue weighted by Crippen LogP contribution is 2.26. The second kappa shape index (κ2) is 6.39. The maximum absolute atomic E-state index is 12.6. The van der Waals surface area contributed by atoms with Crippen LogP contribution in [-0.2, 0) is 4.79 Å². The van der Waals surface area contributed by atoms with Gasteiger partial charge in [0.25, 0.3) is 0 Å². The fourth-order valence-electron chi connectivity index (χ4n) is 3.39. The summed E-state index contributed by atoms with van der Waals surface area (Å²) in [7, 11) is 2.01. The molecule has 2 aromatic rings. The van der Waals surface area contributed by atoms with Crippen LogP contribution in [0.3, 0.4) is 0 Å². The SMILES string of the molecule is CC1CCCCN1C(=O)CN(C)c1cccc2ccccc12. The molecule has 0 saturated carbocycles. The first-order valence-corrected chi connectivity index (χ1v) is 8.15. The second-order valence-electron chi connectivity index (χ2n) is 6.29. The average Bonchev–Trinajstić information content (AvgIpc) is 2.54. The van der Waals surface area contributed by atoms with Crippen molar-refractivity contribution in [2.75, 3.05) is 25.0 Å². The summed E-state index contributed by atoms with van der Waals surface area (Å²) >= 11 is 0. The van der Waals surface area contributed by atoms with E-state index in [-0.39, 0.29) is 5.91 Å². The molecule has 22 heavy (non-hydrogen) atoms. The summed E-state index contributed by atoms with van der Waals surface area (Å²) < 4.78 is 0. The standard InChI is InChI=1S/C19H24N2O/c1-15-8-5-6-13-21(15)19(22)14-20(2)18-12-7-10-16-9-3-4-11-17(16)18/h3-4,7,9-12,15H,5-6,8,13-14H2,1-2H3. The number of fused-ring (bicyclic) bond motifs is 1. The van der Waals surface area contributed by atoms with Gasteiger partial charge in [0.1, 0.15) is 0 Å². The molecule has 1 amide bonds. The predicted molar refractivity (Wildman–Crippen MR) is 92.2 cm³/mol. The van der Waals surface area contributed by atoms with E-state index >= 15 is 0 Å². The molecule has 0 spiro atoms. The normalized spacial score (nSPS) is 18.5. The number of carbonyl (C=O) groups is 1. The topological polar surface area (TPSA) is 23.6 Å². The highest BCUT2D eigenvalue weighted by atomic mass is 16.2. The molecule has 3 heteroatoms. The third-order valence-electron chi connectivity index (χ3n) is 4.67. The van der Waals surface area contributed by atoms with Crippen molar-refractivity contribution in [2.45, 2.75) is 32.2 Å². The predicted octanol–water partition coefficient (Wildman–Crippen LogP) is 3.68. The van der Waals surface area contributed by atoms with E-state index < -0.39 is 0 Å². The van der Waals surface area contributed by atoms with Crippen LogP contribution in [0.1, 0.15) is 26.2 Å². The number of hydrogen-bond donors (Lipinski definition) is 0. The molecule has 1 aliphatic heterocycles. The van der Waals surface area contributed by atoms with E-state index in [2.05, 4.69) is 42.2 Å². The Morgan fingerprint density at radius 3 is 2.77 bits per heavy atom. The lowest BCUT2D eigenvalue weighted by Crippen LogP contribution is -2.46. The first-order valence-electron chi connectivity index (χ1n) is 8.15. The number of benzene rings is 2. The van der Waals surface area contributed by atoms with Crippen molar-refractivity contribution in [2.24, 2.45) is 0 Å². The first-order chi connectivity index (χ1) is 10.7. The van der Waals surface area contributed by atoms with Crippen LogP contribution in [-0.4, -0.2) is 37.0 Å². The molecule has 1 atom stereocenters. The summed E-state index contributed by atoms with van der Waals surface area (Å²) in [5.41, 5.74) is 1.12. The van der Waals surface area contributed by atoms with Crippen molar-refractivity contribution in [1.29, 1.82) is 0 Å². The van der Waals surface area contributed by atoms with Gasteiger partial charge >= 0.3 is 0 Å². The van der Waals surface area contributed by atoms with Crippen LogP contribution in [0.25, 0.3) is 10.8 Å². The van der Waals surface area contributed by atoms with Gasteiger partial charge in [0.2, 0.25) is 5.91 Å². The molecule has 0 radical (unpaired) electrons. The van der Waals surface area contributed by atoms with Crippen molar-refractivity contribution < 1.29 is 4.79 Å². The van der Waals surface area contributed by atoms with Gasteiger partial charge < -0.3 is 9.80 Å². The van der Waals surface area contributed by atoms with Gasteiger partial charge in [-0.05, 0) is 37.6 Å². The molecule has 116 valence electrons. The molecule has 2 aromatic carbocycles. The summed E-state index contributed by atoms with van der Waals surface area (Å²) in [5, 5.41) is 2.41. The van der Waals surface area contributed by atoms with Crippen LogP contribution < -0.4 is 4.90 Å². The van der Waals surface area contributed by atoms with Gasteiger partial charge in [0, 0.05) is 30.7 Å². The number of carbonyl (C=O) groups excluding carboxylic acids is 1. The Morgan fingerprint density at radius 2 is 1.95 bits per heavy atom. The molecular weight excluding hydrogens is 272 g/mol.